The lowest BCUT2D eigenvalue weighted by Gasteiger charge is -2.26. The second kappa shape index (κ2) is 5.18. The van der Waals surface area contributed by atoms with E-state index in [-0.39, 0.29) is 6.04 Å². The summed E-state index contributed by atoms with van der Waals surface area (Å²) in [7, 11) is 0. The van der Waals surface area contributed by atoms with Crippen LogP contribution in [0.3, 0.4) is 0 Å². The fraction of sp³-hybridized carbons (Fsp3) is 0.167. The highest BCUT2D eigenvalue weighted by atomic mass is 35.5. The van der Waals surface area contributed by atoms with Gasteiger partial charge in [-0.15, -0.1) is 0 Å². The van der Waals surface area contributed by atoms with Gasteiger partial charge in [0, 0.05) is 16.8 Å². The molecule has 0 saturated heterocycles. The lowest BCUT2D eigenvalue weighted by molar-refractivity contribution is 0.594. The van der Waals surface area contributed by atoms with Gasteiger partial charge in [0.25, 0.3) is 0 Å². The monoisotopic (exact) mass is 309 g/mol. The van der Waals surface area contributed by atoms with Crippen LogP contribution in [-0.4, -0.2) is 9.78 Å². The molecule has 0 saturated carbocycles. The molecule has 110 valence electrons. The minimum absolute atomic E-state index is 0.255. The summed E-state index contributed by atoms with van der Waals surface area (Å²) in [4.78, 5) is 2.34. The molecule has 0 fully saturated rings. The molecule has 1 aliphatic heterocycles. The molecule has 0 N–H and O–H groups in total. The summed E-state index contributed by atoms with van der Waals surface area (Å²) in [5, 5.41) is 5.36. The first-order chi connectivity index (χ1) is 10.7. The van der Waals surface area contributed by atoms with Gasteiger partial charge < -0.3 is 4.90 Å². The van der Waals surface area contributed by atoms with E-state index in [0.717, 1.165) is 28.8 Å². The number of anilines is 2. The molecule has 4 heteroatoms. The number of fused-ring (bicyclic) bond motifs is 1. The molecule has 3 nitrogen and oxygen atoms in total. The predicted octanol–water partition coefficient (Wildman–Crippen LogP) is 4.74. The first-order valence-corrected chi connectivity index (χ1v) is 7.74. The topological polar surface area (TPSA) is 21.1 Å². The minimum Gasteiger partial charge on any atom is -0.317 e. The number of nitrogens with zero attached hydrogens (tertiary/aromatic N) is 3. The molecule has 2 aromatic carbocycles. The van der Waals surface area contributed by atoms with Gasteiger partial charge >= 0.3 is 0 Å². The van der Waals surface area contributed by atoms with E-state index in [1.54, 1.807) is 0 Å². The summed E-state index contributed by atoms with van der Waals surface area (Å²) in [6.07, 6.45) is 0. The molecule has 1 atom stereocenters. The van der Waals surface area contributed by atoms with Crippen molar-refractivity contribution < 1.29 is 0 Å². The van der Waals surface area contributed by atoms with E-state index in [2.05, 4.69) is 57.1 Å². The average Bonchev–Trinajstić information content (AvgIpc) is 3.05. The highest BCUT2D eigenvalue weighted by Crippen LogP contribution is 2.41. The third-order valence-corrected chi connectivity index (χ3v) is 4.33. The fourth-order valence-electron chi connectivity index (χ4n) is 3.11. The minimum atomic E-state index is 0.255. The smallest absolute Gasteiger partial charge is 0.132 e. The van der Waals surface area contributed by atoms with Crippen LogP contribution in [0.4, 0.5) is 11.5 Å². The Kier molecular flexibility index (Phi) is 3.16. The van der Waals surface area contributed by atoms with Crippen molar-refractivity contribution in [1.29, 1.82) is 0 Å². The fourth-order valence-corrected chi connectivity index (χ4v) is 3.23. The van der Waals surface area contributed by atoms with Crippen LogP contribution in [0.1, 0.15) is 17.3 Å². The normalized spacial score (nSPS) is 16.8. The zero-order chi connectivity index (χ0) is 15.1. The van der Waals surface area contributed by atoms with Crippen molar-refractivity contribution in [3.8, 4) is 0 Å². The molecule has 4 rings (SSSR count). The Morgan fingerprint density at radius 1 is 1.05 bits per heavy atom. The van der Waals surface area contributed by atoms with Crippen LogP contribution < -0.4 is 4.90 Å². The van der Waals surface area contributed by atoms with Crippen LogP contribution in [0.25, 0.3) is 0 Å². The van der Waals surface area contributed by atoms with E-state index in [0.29, 0.717) is 0 Å². The summed E-state index contributed by atoms with van der Waals surface area (Å²) in [6, 6.07) is 21.0. The molecular formula is C18H16ClN3. The summed E-state index contributed by atoms with van der Waals surface area (Å²) < 4.78 is 2.08. The van der Waals surface area contributed by atoms with E-state index in [1.165, 1.54) is 5.56 Å². The number of hydrogen-bond acceptors (Lipinski definition) is 2. The van der Waals surface area contributed by atoms with Crippen molar-refractivity contribution in [2.75, 3.05) is 4.90 Å². The number of benzene rings is 2. The van der Waals surface area contributed by atoms with Gasteiger partial charge in [-0.25, -0.2) is 4.68 Å². The Hall–Kier alpha value is -2.26. The first-order valence-electron chi connectivity index (χ1n) is 7.36. The predicted molar refractivity (Wildman–Crippen MR) is 89.7 cm³/mol. The molecule has 0 bridgehead atoms. The second-order valence-electron chi connectivity index (χ2n) is 5.60. The zero-order valence-electron chi connectivity index (χ0n) is 12.3. The molecule has 22 heavy (non-hydrogen) atoms. The number of aromatic nitrogens is 2. The number of aryl methyl sites for hydroxylation is 1. The molecule has 0 spiro atoms. The molecule has 2 heterocycles. The number of rotatable bonds is 2. The van der Waals surface area contributed by atoms with Crippen LogP contribution in [0, 0.1) is 6.92 Å². The van der Waals surface area contributed by atoms with Crippen LogP contribution in [0.5, 0.6) is 0 Å². The Morgan fingerprint density at radius 3 is 2.50 bits per heavy atom. The SMILES string of the molecule is Cc1cc2n(n1)CC(c1ccccc1)N2c1ccc(Cl)cc1. The molecule has 1 aliphatic rings. The first kappa shape index (κ1) is 13.4. The Balaban J connectivity index is 1.82. The highest BCUT2D eigenvalue weighted by molar-refractivity contribution is 6.30. The van der Waals surface area contributed by atoms with Crippen molar-refractivity contribution >= 4 is 23.1 Å². The largest absolute Gasteiger partial charge is 0.317 e. The van der Waals surface area contributed by atoms with Gasteiger partial charge in [-0.3, -0.25) is 0 Å². The van der Waals surface area contributed by atoms with Crippen LogP contribution >= 0.6 is 11.6 Å². The summed E-state index contributed by atoms with van der Waals surface area (Å²) in [5.74, 6) is 1.13. The third kappa shape index (κ3) is 2.18. The van der Waals surface area contributed by atoms with Gasteiger partial charge in [0.1, 0.15) is 5.82 Å². The van der Waals surface area contributed by atoms with Gasteiger partial charge in [-0.1, -0.05) is 41.9 Å². The van der Waals surface area contributed by atoms with Gasteiger partial charge in [-0.05, 0) is 36.8 Å². The van der Waals surface area contributed by atoms with E-state index >= 15 is 0 Å². The Bertz CT molecular complexity index is 793. The molecule has 0 aliphatic carbocycles. The maximum atomic E-state index is 6.04. The molecular weight excluding hydrogens is 294 g/mol. The maximum absolute atomic E-state index is 6.04. The van der Waals surface area contributed by atoms with Crippen molar-refractivity contribution in [3.05, 3.63) is 76.9 Å². The van der Waals surface area contributed by atoms with Crippen LogP contribution in [0.2, 0.25) is 5.02 Å². The van der Waals surface area contributed by atoms with Gasteiger partial charge in [-0.2, -0.15) is 5.10 Å². The summed E-state index contributed by atoms with van der Waals surface area (Å²) in [6.45, 7) is 2.89. The Labute approximate surface area is 134 Å². The quantitative estimate of drug-likeness (QED) is 0.682. The van der Waals surface area contributed by atoms with E-state index in [9.17, 15) is 0 Å². The van der Waals surface area contributed by atoms with Crippen molar-refractivity contribution in [2.45, 2.75) is 19.5 Å². The molecule has 1 unspecified atom stereocenters. The van der Waals surface area contributed by atoms with E-state index < -0.39 is 0 Å². The van der Waals surface area contributed by atoms with Gasteiger partial charge in [0.2, 0.25) is 0 Å². The summed E-state index contributed by atoms with van der Waals surface area (Å²) in [5.41, 5.74) is 3.47. The van der Waals surface area contributed by atoms with E-state index in [4.69, 9.17) is 11.6 Å². The van der Waals surface area contributed by atoms with Gasteiger partial charge in [0.05, 0.1) is 18.3 Å². The molecule has 1 aromatic heterocycles. The van der Waals surface area contributed by atoms with Gasteiger partial charge in [0.15, 0.2) is 0 Å². The third-order valence-electron chi connectivity index (χ3n) is 4.07. The molecule has 0 radical (unpaired) electrons. The van der Waals surface area contributed by atoms with E-state index in [1.807, 2.05) is 25.1 Å². The molecule has 0 amide bonds. The van der Waals surface area contributed by atoms with Crippen molar-refractivity contribution in [1.82, 2.24) is 9.78 Å². The van der Waals surface area contributed by atoms with Crippen molar-refractivity contribution in [2.24, 2.45) is 0 Å². The molecule has 3 aromatic rings. The van der Waals surface area contributed by atoms with Crippen LogP contribution in [-0.2, 0) is 6.54 Å². The Morgan fingerprint density at radius 2 is 1.77 bits per heavy atom. The second-order valence-corrected chi connectivity index (χ2v) is 6.04. The average molecular weight is 310 g/mol. The zero-order valence-corrected chi connectivity index (χ0v) is 13.0. The standard InChI is InChI=1S/C18H16ClN3/c1-13-11-18-21(20-13)12-17(14-5-3-2-4-6-14)22(18)16-9-7-15(19)8-10-16/h2-11,17H,12H2,1H3. The van der Waals surface area contributed by atoms with Crippen molar-refractivity contribution in [3.63, 3.8) is 0 Å². The lowest BCUT2D eigenvalue weighted by atomic mass is 10.1. The number of halogens is 1. The maximum Gasteiger partial charge on any atom is 0.132 e. The lowest BCUT2D eigenvalue weighted by Crippen LogP contribution is -2.19. The van der Waals surface area contributed by atoms with Crippen LogP contribution in [0.15, 0.2) is 60.7 Å². The summed E-state index contributed by atoms with van der Waals surface area (Å²) >= 11 is 6.04. The highest BCUT2D eigenvalue weighted by Gasteiger charge is 2.32. The number of hydrogen-bond donors (Lipinski definition) is 0.